The van der Waals surface area contributed by atoms with Crippen LogP contribution < -0.4 is 0 Å². The second-order valence-electron chi connectivity index (χ2n) is 3.63. The molecule has 0 bridgehead atoms. The van der Waals surface area contributed by atoms with Crippen molar-refractivity contribution in [3.8, 4) is 0 Å². The fourth-order valence-corrected chi connectivity index (χ4v) is 2.13. The molecule has 15 heavy (non-hydrogen) atoms. The Labute approximate surface area is 96.8 Å². The highest BCUT2D eigenvalue weighted by Gasteiger charge is 2.10. The van der Waals surface area contributed by atoms with E-state index in [-0.39, 0.29) is 0 Å². The number of hydrogen-bond acceptors (Lipinski definition) is 3. The molecule has 2 nitrogen and oxygen atoms in total. The molecule has 1 aromatic rings. The van der Waals surface area contributed by atoms with Crippen LogP contribution in [-0.2, 0) is 4.74 Å². The third-order valence-corrected chi connectivity index (χ3v) is 3.38. The van der Waals surface area contributed by atoms with Crippen molar-refractivity contribution >= 4 is 11.9 Å². The lowest BCUT2D eigenvalue weighted by Gasteiger charge is -2.24. The molecule has 3 heteroatoms. The molecule has 0 N–H and O–H groups in total. The van der Waals surface area contributed by atoms with Crippen molar-refractivity contribution in [3.63, 3.8) is 0 Å². The van der Waals surface area contributed by atoms with Gasteiger partial charge in [0, 0.05) is 24.6 Å². The van der Waals surface area contributed by atoms with Crippen LogP contribution in [0.5, 0.6) is 0 Å². The standard InChI is InChI=1S/C12H19NOS/c1-11(2)13(9-10-14-3)15-12-7-5-4-6-8-12/h4-8,11H,9-10H2,1-3H3. The van der Waals surface area contributed by atoms with Gasteiger partial charge >= 0.3 is 0 Å². The zero-order chi connectivity index (χ0) is 11.1. The number of methoxy groups -OCH3 is 1. The van der Waals surface area contributed by atoms with Gasteiger partial charge in [-0.3, -0.25) is 0 Å². The van der Waals surface area contributed by atoms with Crippen molar-refractivity contribution in [3.05, 3.63) is 30.3 Å². The van der Waals surface area contributed by atoms with E-state index >= 15 is 0 Å². The first-order valence-corrected chi connectivity index (χ1v) is 6.00. The van der Waals surface area contributed by atoms with Crippen LogP contribution in [0, 0.1) is 0 Å². The first kappa shape index (κ1) is 12.6. The molecule has 0 aliphatic carbocycles. The van der Waals surface area contributed by atoms with Crippen LogP contribution in [0.2, 0.25) is 0 Å². The van der Waals surface area contributed by atoms with Crippen molar-refractivity contribution in [2.75, 3.05) is 20.3 Å². The first-order chi connectivity index (χ1) is 7.24. The van der Waals surface area contributed by atoms with Gasteiger partial charge in [-0.15, -0.1) is 0 Å². The highest BCUT2D eigenvalue weighted by atomic mass is 32.2. The normalized spacial score (nSPS) is 11.3. The predicted molar refractivity (Wildman–Crippen MR) is 66.0 cm³/mol. The van der Waals surface area contributed by atoms with E-state index in [1.165, 1.54) is 4.90 Å². The molecule has 1 aromatic carbocycles. The molecule has 0 amide bonds. The third-order valence-electron chi connectivity index (χ3n) is 2.06. The Balaban J connectivity index is 2.51. The minimum absolute atomic E-state index is 0.519. The van der Waals surface area contributed by atoms with Crippen LogP contribution in [-0.4, -0.2) is 30.6 Å². The van der Waals surface area contributed by atoms with Crippen molar-refractivity contribution in [2.45, 2.75) is 24.8 Å². The van der Waals surface area contributed by atoms with E-state index in [1.54, 1.807) is 19.1 Å². The van der Waals surface area contributed by atoms with Crippen LogP contribution in [0.25, 0.3) is 0 Å². The minimum atomic E-state index is 0.519. The molecular weight excluding hydrogens is 206 g/mol. The van der Waals surface area contributed by atoms with Crippen LogP contribution >= 0.6 is 11.9 Å². The summed E-state index contributed by atoms with van der Waals surface area (Å²) in [4.78, 5) is 1.28. The average Bonchev–Trinajstić information content (AvgIpc) is 2.25. The maximum Gasteiger partial charge on any atom is 0.0599 e. The highest BCUT2D eigenvalue weighted by molar-refractivity contribution is 7.97. The number of ether oxygens (including phenoxy) is 1. The lowest BCUT2D eigenvalue weighted by molar-refractivity contribution is 0.175. The zero-order valence-corrected chi connectivity index (χ0v) is 10.5. The smallest absolute Gasteiger partial charge is 0.0599 e. The molecule has 0 saturated heterocycles. The van der Waals surface area contributed by atoms with Crippen LogP contribution in [0.15, 0.2) is 35.2 Å². The molecule has 0 heterocycles. The fraction of sp³-hybridized carbons (Fsp3) is 0.500. The summed E-state index contributed by atoms with van der Waals surface area (Å²) in [6.07, 6.45) is 0. The lowest BCUT2D eigenvalue weighted by atomic mass is 10.4. The van der Waals surface area contributed by atoms with Gasteiger partial charge in [-0.1, -0.05) is 18.2 Å². The molecule has 0 unspecified atom stereocenters. The molecular formula is C12H19NOS. The highest BCUT2D eigenvalue weighted by Crippen LogP contribution is 2.23. The summed E-state index contributed by atoms with van der Waals surface area (Å²) in [6.45, 7) is 6.13. The van der Waals surface area contributed by atoms with E-state index in [1.807, 2.05) is 6.07 Å². The molecule has 0 spiro atoms. The van der Waals surface area contributed by atoms with Gasteiger partial charge in [-0.05, 0) is 37.9 Å². The van der Waals surface area contributed by atoms with Crippen molar-refractivity contribution in [2.24, 2.45) is 0 Å². The Morgan fingerprint density at radius 1 is 1.27 bits per heavy atom. The van der Waals surface area contributed by atoms with Crippen molar-refractivity contribution in [1.82, 2.24) is 4.31 Å². The summed E-state index contributed by atoms with van der Waals surface area (Å²) < 4.78 is 7.44. The van der Waals surface area contributed by atoms with Crippen LogP contribution in [0.3, 0.4) is 0 Å². The van der Waals surface area contributed by atoms with E-state index in [0.29, 0.717) is 6.04 Å². The fourth-order valence-electron chi connectivity index (χ4n) is 1.21. The molecule has 0 fully saturated rings. The van der Waals surface area contributed by atoms with Gasteiger partial charge < -0.3 is 4.74 Å². The first-order valence-electron chi connectivity index (χ1n) is 5.22. The topological polar surface area (TPSA) is 12.5 Å². The summed E-state index contributed by atoms with van der Waals surface area (Å²) in [7, 11) is 1.74. The van der Waals surface area contributed by atoms with Gasteiger partial charge in [0.15, 0.2) is 0 Å². The van der Waals surface area contributed by atoms with E-state index in [9.17, 15) is 0 Å². The summed E-state index contributed by atoms with van der Waals surface area (Å²) in [5.74, 6) is 0. The Kier molecular flexibility index (Phi) is 5.76. The minimum Gasteiger partial charge on any atom is -0.383 e. The molecule has 84 valence electrons. The number of rotatable bonds is 6. The van der Waals surface area contributed by atoms with Crippen LogP contribution in [0.4, 0.5) is 0 Å². The Hall–Kier alpha value is -0.510. The summed E-state index contributed by atoms with van der Waals surface area (Å²) >= 11 is 1.79. The molecule has 0 saturated carbocycles. The number of nitrogens with zero attached hydrogens (tertiary/aromatic N) is 1. The zero-order valence-electron chi connectivity index (χ0n) is 9.64. The Morgan fingerprint density at radius 3 is 2.47 bits per heavy atom. The van der Waals surface area contributed by atoms with Gasteiger partial charge in [-0.25, -0.2) is 4.31 Å². The van der Waals surface area contributed by atoms with E-state index in [4.69, 9.17) is 4.74 Å². The maximum atomic E-state index is 5.11. The maximum absolute atomic E-state index is 5.11. The van der Waals surface area contributed by atoms with Gasteiger partial charge in [0.1, 0.15) is 0 Å². The Morgan fingerprint density at radius 2 is 1.93 bits per heavy atom. The molecule has 0 atom stereocenters. The molecule has 0 aliphatic rings. The van der Waals surface area contributed by atoms with Crippen molar-refractivity contribution in [1.29, 1.82) is 0 Å². The molecule has 1 rings (SSSR count). The summed E-state index contributed by atoms with van der Waals surface area (Å²) in [5.41, 5.74) is 0. The molecule has 0 aromatic heterocycles. The SMILES string of the molecule is COCCN(Sc1ccccc1)C(C)C. The largest absolute Gasteiger partial charge is 0.383 e. The quantitative estimate of drug-likeness (QED) is 0.690. The molecule has 0 radical (unpaired) electrons. The lowest BCUT2D eigenvalue weighted by Crippen LogP contribution is -2.27. The second-order valence-corrected chi connectivity index (χ2v) is 4.75. The average molecular weight is 225 g/mol. The summed E-state index contributed by atoms with van der Waals surface area (Å²) in [6, 6.07) is 11.0. The van der Waals surface area contributed by atoms with Crippen molar-refractivity contribution < 1.29 is 4.74 Å². The number of hydrogen-bond donors (Lipinski definition) is 0. The van der Waals surface area contributed by atoms with E-state index < -0.39 is 0 Å². The second kappa shape index (κ2) is 6.88. The van der Waals surface area contributed by atoms with Crippen LogP contribution in [0.1, 0.15) is 13.8 Å². The monoisotopic (exact) mass is 225 g/mol. The summed E-state index contributed by atoms with van der Waals surface area (Å²) in [5, 5.41) is 0. The van der Waals surface area contributed by atoms with Gasteiger partial charge in [0.2, 0.25) is 0 Å². The third kappa shape index (κ3) is 4.69. The molecule has 0 aliphatic heterocycles. The number of benzene rings is 1. The predicted octanol–water partition coefficient (Wildman–Crippen LogP) is 3.05. The van der Waals surface area contributed by atoms with Gasteiger partial charge in [0.25, 0.3) is 0 Å². The van der Waals surface area contributed by atoms with Gasteiger partial charge in [0.05, 0.1) is 6.61 Å². The van der Waals surface area contributed by atoms with E-state index in [0.717, 1.165) is 13.2 Å². The van der Waals surface area contributed by atoms with Gasteiger partial charge in [-0.2, -0.15) is 0 Å². The van der Waals surface area contributed by atoms with E-state index in [2.05, 4.69) is 42.4 Å². The Bertz CT molecular complexity index is 264.